The summed E-state index contributed by atoms with van der Waals surface area (Å²) in [5.41, 5.74) is 0.640. The molecule has 0 bridgehead atoms. The average Bonchev–Trinajstić information content (AvgIpc) is 2.39. The van der Waals surface area contributed by atoms with Crippen LogP contribution in [-0.4, -0.2) is 35.2 Å². The first-order valence-electron chi connectivity index (χ1n) is 5.46. The molecule has 0 saturated carbocycles. The van der Waals surface area contributed by atoms with Crippen molar-refractivity contribution in [1.29, 1.82) is 0 Å². The third kappa shape index (κ3) is 2.27. The zero-order valence-electron chi connectivity index (χ0n) is 9.00. The van der Waals surface area contributed by atoms with Crippen LogP contribution in [0.15, 0.2) is 24.5 Å². The smallest absolute Gasteiger partial charge is 0.253 e. The zero-order valence-corrected chi connectivity index (χ0v) is 9.00. The molecule has 0 aliphatic carbocycles. The highest BCUT2D eigenvalue weighted by Crippen LogP contribution is 2.16. The maximum absolute atomic E-state index is 12.0. The molecule has 0 spiro atoms. The summed E-state index contributed by atoms with van der Waals surface area (Å²) in [6, 6.07) is 3.40. The lowest BCUT2D eigenvalue weighted by Crippen LogP contribution is -2.40. The summed E-state index contributed by atoms with van der Waals surface area (Å²) >= 11 is 0. The van der Waals surface area contributed by atoms with Crippen LogP contribution in [0.2, 0.25) is 0 Å². The van der Waals surface area contributed by atoms with Crippen molar-refractivity contribution in [2.45, 2.75) is 12.8 Å². The molecular weight excluding hydrogens is 204 g/mol. The Balaban J connectivity index is 2.07. The van der Waals surface area contributed by atoms with Gasteiger partial charge < -0.3 is 9.69 Å². The number of amides is 1. The van der Waals surface area contributed by atoms with Crippen LogP contribution < -0.4 is 0 Å². The van der Waals surface area contributed by atoms with Crippen molar-refractivity contribution in [2.75, 3.05) is 13.1 Å². The SMILES string of the molecule is O=CC1CCCN(C(=O)c2ccncc2)C1. The molecular formula is C12H14N2O2. The molecule has 1 unspecified atom stereocenters. The van der Waals surface area contributed by atoms with Crippen LogP contribution in [0.1, 0.15) is 23.2 Å². The van der Waals surface area contributed by atoms with Crippen molar-refractivity contribution in [3.05, 3.63) is 30.1 Å². The van der Waals surface area contributed by atoms with Crippen LogP contribution >= 0.6 is 0 Å². The summed E-state index contributed by atoms with van der Waals surface area (Å²) in [5.74, 6) is -0.00603. The fraction of sp³-hybridized carbons (Fsp3) is 0.417. The predicted octanol–water partition coefficient (Wildman–Crippen LogP) is 1.13. The van der Waals surface area contributed by atoms with Gasteiger partial charge in [-0.25, -0.2) is 0 Å². The standard InChI is InChI=1S/C12H14N2O2/c15-9-10-2-1-7-14(8-10)12(16)11-3-5-13-6-4-11/h3-6,9-10H,1-2,7-8H2. The Morgan fingerprint density at radius 1 is 1.44 bits per heavy atom. The van der Waals surface area contributed by atoms with E-state index in [4.69, 9.17) is 0 Å². The first-order valence-corrected chi connectivity index (χ1v) is 5.46. The number of hydrogen-bond donors (Lipinski definition) is 0. The van der Waals surface area contributed by atoms with Gasteiger partial charge >= 0.3 is 0 Å². The Morgan fingerprint density at radius 3 is 2.88 bits per heavy atom. The second kappa shape index (κ2) is 4.88. The molecule has 1 atom stereocenters. The Kier molecular flexibility index (Phi) is 3.29. The summed E-state index contributed by atoms with van der Waals surface area (Å²) in [6.07, 6.45) is 5.96. The highest BCUT2D eigenvalue weighted by Gasteiger charge is 2.23. The molecule has 2 rings (SSSR count). The van der Waals surface area contributed by atoms with E-state index in [9.17, 15) is 9.59 Å². The molecule has 1 aliphatic heterocycles. The van der Waals surface area contributed by atoms with Crippen LogP contribution in [0.25, 0.3) is 0 Å². The van der Waals surface area contributed by atoms with Gasteiger partial charge in [-0.3, -0.25) is 9.78 Å². The van der Waals surface area contributed by atoms with Gasteiger partial charge in [-0.2, -0.15) is 0 Å². The third-order valence-corrected chi connectivity index (χ3v) is 2.86. The first kappa shape index (κ1) is 10.8. The molecule has 1 saturated heterocycles. The number of carbonyl (C=O) groups excluding carboxylic acids is 2. The van der Waals surface area contributed by atoms with E-state index in [1.165, 1.54) is 0 Å². The van der Waals surface area contributed by atoms with Crippen molar-refractivity contribution >= 4 is 12.2 Å². The van der Waals surface area contributed by atoms with Gasteiger partial charge in [0.15, 0.2) is 0 Å². The van der Waals surface area contributed by atoms with Crippen molar-refractivity contribution < 1.29 is 9.59 Å². The van der Waals surface area contributed by atoms with Crippen molar-refractivity contribution in [3.63, 3.8) is 0 Å². The number of nitrogens with zero attached hydrogens (tertiary/aromatic N) is 2. The molecule has 0 radical (unpaired) electrons. The summed E-state index contributed by atoms with van der Waals surface area (Å²) < 4.78 is 0. The van der Waals surface area contributed by atoms with E-state index in [1.54, 1.807) is 29.4 Å². The number of pyridine rings is 1. The molecule has 0 aromatic carbocycles. The zero-order chi connectivity index (χ0) is 11.4. The lowest BCUT2D eigenvalue weighted by Gasteiger charge is -2.30. The predicted molar refractivity (Wildman–Crippen MR) is 58.9 cm³/mol. The number of hydrogen-bond acceptors (Lipinski definition) is 3. The molecule has 0 N–H and O–H groups in total. The van der Waals surface area contributed by atoms with E-state index in [0.29, 0.717) is 12.1 Å². The van der Waals surface area contributed by atoms with E-state index in [1.807, 2.05) is 0 Å². The monoisotopic (exact) mass is 218 g/mol. The maximum atomic E-state index is 12.0. The van der Waals surface area contributed by atoms with E-state index >= 15 is 0 Å². The molecule has 84 valence electrons. The lowest BCUT2D eigenvalue weighted by atomic mass is 9.99. The summed E-state index contributed by atoms with van der Waals surface area (Å²) in [6.45, 7) is 1.29. The van der Waals surface area contributed by atoms with Gasteiger partial charge in [0.25, 0.3) is 5.91 Å². The van der Waals surface area contributed by atoms with Gasteiger partial charge in [0.2, 0.25) is 0 Å². The van der Waals surface area contributed by atoms with Crippen LogP contribution in [-0.2, 0) is 4.79 Å². The highest BCUT2D eigenvalue weighted by atomic mass is 16.2. The Hall–Kier alpha value is -1.71. The minimum atomic E-state index is -0.00560. The third-order valence-electron chi connectivity index (χ3n) is 2.86. The van der Waals surface area contributed by atoms with E-state index in [0.717, 1.165) is 25.7 Å². The molecule has 4 nitrogen and oxygen atoms in total. The van der Waals surface area contributed by atoms with Crippen LogP contribution in [0.5, 0.6) is 0 Å². The van der Waals surface area contributed by atoms with E-state index in [2.05, 4.69) is 4.98 Å². The molecule has 2 heterocycles. The van der Waals surface area contributed by atoms with E-state index in [-0.39, 0.29) is 11.8 Å². The molecule has 4 heteroatoms. The molecule has 1 fully saturated rings. The lowest BCUT2D eigenvalue weighted by molar-refractivity contribution is -0.112. The number of rotatable bonds is 2. The fourth-order valence-electron chi connectivity index (χ4n) is 1.98. The van der Waals surface area contributed by atoms with E-state index < -0.39 is 0 Å². The first-order chi connectivity index (χ1) is 7.81. The van der Waals surface area contributed by atoms with Crippen molar-refractivity contribution in [2.24, 2.45) is 5.92 Å². The van der Waals surface area contributed by atoms with Crippen LogP contribution in [0, 0.1) is 5.92 Å². The molecule has 16 heavy (non-hydrogen) atoms. The summed E-state index contributed by atoms with van der Waals surface area (Å²) in [4.78, 5) is 28.4. The topological polar surface area (TPSA) is 50.3 Å². The van der Waals surface area contributed by atoms with Crippen LogP contribution in [0.4, 0.5) is 0 Å². The minimum absolute atomic E-state index is 0.000428. The van der Waals surface area contributed by atoms with Gasteiger partial charge in [-0.05, 0) is 25.0 Å². The van der Waals surface area contributed by atoms with Gasteiger partial charge in [0, 0.05) is 37.0 Å². The Bertz CT molecular complexity index is 378. The number of piperidine rings is 1. The molecule has 1 amide bonds. The minimum Gasteiger partial charge on any atom is -0.338 e. The number of likely N-dealkylation sites (tertiary alicyclic amines) is 1. The van der Waals surface area contributed by atoms with Gasteiger partial charge in [0.1, 0.15) is 6.29 Å². The maximum Gasteiger partial charge on any atom is 0.253 e. The normalized spacial score (nSPS) is 20.5. The molecule has 1 aromatic heterocycles. The van der Waals surface area contributed by atoms with Gasteiger partial charge in [0.05, 0.1) is 0 Å². The molecule has 1 aromatic rings. The second-order valence-corrected chi connectivity index (χ2v) is 4.03. The highest BCUT2D eigenvalue weighted by molar-refractivity contribution is 5.94. The van der Waals surface area contributed by atoms with Gasteiger partial charge in [-0.1, -0.05) is 0 Å². The number of aldehydes is 1. The fourth-order valence-corrected chi connectivity index (χ4v) is 1.98. The second-order valence-electron chi connectivity index (χ2n) is 4.03. The average molecular weight is 218 g/mol. The summed E-state index contributed by atoms with van der Waals surface area (Å²) in [5, 5.41) is 0. The van der Waals surface area contributed by atoms with Gasteiger partial charge in [-0.15, -0.1) is 0 Å². The van der Waals surface area contributed by atoms with Crippen LogP contribution in [0.3, 0.4) is 0 Å². The largest absolute Gasteiger partial charge is 0.338 e. The van der Waals surface area contributed by atoms with Crippen molar-refractivity contribution in [1.82, 2.24) is 9.88 Å². The quantitative estimate of drug-likeness (QED) is 0.699. The Labute approximate surface area is 94.3 Å². The number of aromatic nitrogens is 1. The Morgan fingerprint density at radius 2 is 2.19 bits per heavy atom. The van der Waals surface area contributed by atoms with Crippen molar-refractivity contribution in [3.8, 4) is 0 Å². The summed E-state index contributed by atoms with van der Waals surface area (Å²) in [7, 11) is 0. The number of carbonyl (C=O) groups is 2. The molecule has 1 aliphatic rings.